The predicted octanol–water partition coefficient (Wildman–Crippen LogP) is 2.45. The molecule has 0 unspecified atom stereocenters. The van der Waals surface area contributed by atoms with E-state index < -0.39 is 0 Å². The highest BCUT2D eigenvalue weighted by Gasteiger charge is 2.03. The Kier molecular flexibility index (Phi) is 4.94. The van der Waals surface area contributed by atoms with Gasteiger partial charge in [-0.1, -0.05) is 18.2 Å². The molecule has 0 saturated heterocycles. The third-order valence-electron chi connectivity index (χ3n) is 2.81. The molecule has 0 radical (unpaired) electrons. The van der Waals surface area contributed by atoms with Gasteiger partial charge in [0.2, 0.25) is 0 Å². The van der Waals surface area contributed by atoms with Crippen molar-refractivity contribution in [2.45, 2.75) is 6.42 Å². The SMILES string of the molecule is COc1ccccc1CCNC(=O)Nc1ccncc1. The molecule has 0 aliphatic carbocycles. The number of nitrogens with zero attached hydrogens (tertiary/aromatic N) is 1. The third kappa shape index (κ3) is 3.98. The zero-order chi connectivity index (χ0) is 14.2. The van der Waals surface area contributed by atoms with Crippen LogP contribution in [0.5, 0.6) is 5.75 Å². The molecule has 1 heterocycles. The van der Waals surface area contributed by atoms with Crippen LogP contribution < -0.4 is 15.4 Å². The molecule has 5 heteroatoms. The first-order valence-corrected chi connectivity index (χ1v) is 6.36. The number of nitrogens with one attached hydrogen (secondary N) is 2. The highest BCUT2D eigenvalue weighted by Crippen LogP contribution is 2.17. The second kappa shape index (κ2) is 7.13. The van der Waals surface area contributed by atoms with Gasteiger partial charge in [-0.15, -0.1) is 0 Å². The third-order valence-corrected chi connectivity index (χ3v) is 2.81. The molecular weight excluding hydrogens is 254 g/mol. The van der Waals surface area contributed by atoms with Gasteiger partial charge in [0.05, 0.1) is 7.11 Å². The number of amides is 2. The van der Waals surface area contributed by atoms with Crippen molar-refractivity contribution in [3.63, 3.8) is 0 Å². The summed E-state index contributed by atoms with van der Waals surface area (Å²) in [4.78, 5) is 15.6. The summed E-state index contributed by atoms with van der Waals surface area (Å²) < 4.78 is 5.26. The van der Waals surface area contributed by atoms with Gasteiger partial charge in [0.25, 0.3) is 0 Å². The first-order valence-electron chi connectivity index (χ1n) is 6.36. The molecule has 0 spiro atoms. The first kappa shape index (κ1) is 13.9. The van der Waals surface area contributed by atoms with Gasteiger partial charge in [0.15, 0.2) is 0 Å². The fourth-order valence-corrected chi connectivity index (χ4v) is 1.83. The van der Waals surface area contributed by atoms with Crippen LogP contribution in [0, 0.1) is 0 Å². The smallest absolute Gasteiger partial charge is 0.319 e. The van der Waals surface area contributed by atoms with Crippen molar-refractivity contribution >= 4 is 11.7 Å². The normalized spacial score (nSPS) is 9.85. The molecular formula is C15H17N3O2. The number of hydrogen-bond acceptors (Lipinski definition) is 3. The van der Waals surface area contributed by atoms with Crippen LogP contribution in [0.3, 0.4) is 0 Å². The number of aromatic nitrogens is 1. The topological polar surface area (TPSA) is 63.2 Å². The monoisotopic (exact) mass is 271 g/mol. The molecule has 1 aromatic heterocycles. The molecule has 2 N–H and O–H groups in total. The minimum absolute atomic E-state index is 0.230. The standard InChI is InChI=1S/C15H17N3O2/c1-20-14-5-3-2-4-12(14)6-11-17-15(19)18-13-7-9-16-10-8-13/h2-5,7-10H,6,11H2,1H3,(H2,16,17,18,19). The van der Waals surface area contributed by atoms with Crippen molar-refractivity contribution in [2.75, 3.05) is 19.0 Å². The number of methoxy groups -OCH3 is 1. The molecule has 0 saturated carbocycles. The van der Waals surface area contributed by atoms with E-state index in [2.05, 4.69) is 15.6 Å². The lowest BCUT2D eigenvalue weighted by molar-refractivity contribution is 0.252. The lowest BCUT2D eigenvalue weighted by Crippen LogP contribution is -2.30. The number of ether oxygens (including phenoxy) is 1. The Bertz CT molecular complexity index is 558. The van der Waals surface area contributed by atoms with Crippen molar-refractivity contribution in [2.24, 2.45) is 0 Å². The molecule has 0 fully saturated rings. The second-order valence-corrected chi connectivity index (χ2v) is 4.18. The van der Waals surface area contributed by atoms with Gasteiger partial charge in [0, 0.05) is 24.6 Å². The maximum Gasteiger partial charge on any atom is 0.319 e. The van der Waals surface area contributed by atoms with E-state index in [0.717, 1.165) is 17.0 Å². The lowest BCUT2D eigenvalue weighted by atomic mass is 10.1. The number of rotatable bonds is 5. The molecule has 0 aliphatic heterocycles. The quantitative estimate of drug-likeness (QED) is 0.878. The van der Waals surface area contributed by atoms with Gasteiger partial charge >= 0.3 is 6.03 Å². The van der Waals surface area contributed by atoms with Crippen LogP contribution in [0.25, 0.3) is 0 Å². The molecule has 2 rings (SSSR count). The Morgan fingerprint density at radius 1 is 1.20 bits per heavy atom. The zero-order valence-electron chi connectivity index (χ0n) is 11.3. The highest BCUT2D eigenvalue weighted by molar-refractivity contribution is 5.89. The van der Waals surface area contributed by atoms with Crippen LogP contribution in [0.2, 0.25) is 0 Å². The number of pyridine rings is 1. The van der Waals surface area contributed by atoms with Crippen molar-refractivity contribution < 1.29 is 9.53 Å². The Hall–Kier alpha value is -2.56. The van der Waals surface area contributed by atoms with Crippen LogP contribution in [0.4, 0.5) is 10.5 Å². The first-order chi connectivity index (χ1) is 9.79. The summed E-state index contributed by atoms with van der Waals surface area (Å²) in [5, 5.41) is 5.54. The van der Waals surface area contributed by atoms with Gasteiger partial charge in [-0.25, -0.2) is 4.79 Å². The number of urea groups is 1. The van der Waals surface area contributed by atoms with Crippen LogP contribution in [-0.4, -0.2) is 24.7 Å². The molecule has 2 amide bonds. The molecule has 1 aromatic carbocycles. The van der Waals surface area contributed by atoms with Crippen LogP contribution in [0.1, 0.15) is 5.56 Å². The predicted molar refractivity (Wildman–Crippen MR) is 78.0 cm³/mol. The Morgan fingerprint density at radius 2 is 1.95 bits per heavy atom. The van der Waals surface area contributed by atoms with Crippen molar-refractivity contribution in [1.82, 2.24) is 10.3 Å². The van der Waals surface area contributed by atoms with E-state index in [1.54, 1.807) is 31.6 Å². The second-order valence-electron chi connectivity index (χ2n) is 4.18. The van der Waals surface area contributed by atoms with E-state index in [1.807, 2.05) is 24.3 Å². The molecule has 0 bridgehead atoms. The average molecular weight is 271 g/mol. The number of para-hydroxylation sites is 1. The highest BCUT2D eigenvalue weighted by atomic mass is 16.5. The number of hydrogen-bond donors (Lipinski definition) is 2. The Morgan fingerprint density at radius 3 is 2.70 bits per heavy atom. The van der Waals surface area contributed by atoms with Gasteiger partial charge in [-0.05, 0) is 30.2 Å². The Labute approximate surface area is 118 Å². The summed E-state index contributed by atoms with van der Waals surface area (Å²) in [7, 11) is 1.64. The van der Waals surface area contributed by atoms with Crippen molar-refractivity contribution in [3.8, 4) is 5.75 Å². The van der Waals surface area contributed by atoms with Crippen molar-refractivity contribution in [1.29, 1.82) is 0 Å². The fourth-order valence-electron chi connectivity index (χ4n) is 1.83. The maximum absolute atomic E-state index is 11.7. The van der Waals surface area contributed by atoms with Crippen LogP contribution in [0.15, 0.2) is 48.8 Å². The lowest BCUT2D eigenvalue weighted by Gasteiger charge is -2.09. The number of anilines is 1. The van der Waals surface area contributed by atoms with Gasteiger partial charge < -0.3 is 15.4 Å². The summed E-state index contributed by atoms with van der Waals surface area (Å²) >= 11 is 0. The molecule has 0 atom stereocenters. The summed E-state index contributed by atoms with van der Waals surface area (Å²) in [6.45, 7) is 0.539. The largest absolute Gasteiger partial charge is 0.496 e. The van der Waals surface area contributed by atoms with E-state index in [4.69, 9.17) is 4.74 Å². The molecule has 104 valence electrons. The van der Waals surface area contributed by atoms with E-state index >= 15 is 0 Å². The Balaban J connectivity index is 1.79. The summed E-state index contributed by atoms with van der Waals surface area (Å²) in [5.41, 5.74) is 1.79. The fraction of sp³-hybridized carbons (Fsp3) is 0.200. The molecule has 20 heavy (non-hydrogen) atoms. The van der Waals surface area contributed by atoms with Gasteiger partial charge in [-0.3, -0.25) is 4.98 Å². The molecule has 5 nitrogen and oxygen atoms in total. The summed E-state index contributed by atoms with van der Waals surface area (Å²) in [6.07, 6.45) is 3.97. The van der Waals surface area contributed by atoms with Gasteiger partial charge in [-0.2, -0.15) is 0 Å². The van der Waals surface area contributed by atoms with Crippen molar-refractivity contribution in [3.05, 3.63) is 54.4 Å². The zero-order valence-corrected chi connectivity index (χ0v) is 11.3. The average Bonchev–Trinajstić information content (AvgIpc) is 2.49. The van der Waals surface area contributed by atoms with E-state index in [0.29, 0.717) is 13.0 Å². The number of carbonyl (C=O) groups is 1. The van der Waals surface area contributed by atoms with E-state index in [1.165, 1.54) is 0 Å². The summed E-state index contributed by atoms with van der Waals surface area (Å²) in [5.74, 6) is 0.837. The van der Waals surface area contributed by atoms with Crippen LogP contribution >= 0.6 is 0 Å². The number of benzene rings is 1. The summed E-state index contributed by atoms with van der Waals surface area (Å²) in [6, 6.07) is 11.0. The minimum atomic E-state index is -0.230. The van der Waals surface area contributed by atoms with Gasteiger partial charge in [0.1, 0.15) is 5.75 Å². The van der Waals surface area contributed by atoms with E-state index in [9.17, 15) is 4.79 Å². The maximum atomic E-state index is 11.7. The molecule has 0 aliphatic rings. The van der Waals surface area contributed by atoms with E-state index in [-0.39, 0.29) is 6.03 Å². The number of carbonyl (C=O) groups excluding carboxylic acids is 1. The minimum Gasteiger partial charge on any atom is -0.496 e. The van der Waals surface area contributed by atoms with Crippen LogP contribution in [-0.2, 0) is 6.42 Å². The molecule has 2 aromatic rings.